The lowest BCUT2D eigenvalue weighted by Gasteiger charge is -2.41. The number of ether oxygens (including phenoxy) is 1. The first-order valence-corrected chi connectivity index (χ1v) is 10.7. The van der Waals surface area contributed by atoms with Gasteiger partial charge in [-0.2, -0.15) is 10.2 Å². The van der Waals surface area contributed by atoms with Gasteiger partial charge >= 0.3 is 5.97 Å². The topological polar surface area (TPSA) is 75.6 Å². The average molecular weight is 406 g/mol. The summed E-state index contributed by atoms with van der Waals surface area (Å²) in [5.41, 5.74) is 2.27. The van der Waals surface area contributed by atoms with E-state index in [1.54, 1.807) is 12.4 Å². The van der Waals surface area contributed by atoms with E-state index >= 15 is 0 Å². The van der Waals surface area contributed by atoms with Crippen LogP contribution in [0.5, 0.6) is 0 Å². The summed E-state index contributed by atoms with van der Waals surface area (Å²) in [5, 5.41) is 7.76. The fourth-order valence-electron chi connectivity index (χ4n) is 5.07. The van der Waals surface area contributed by atoms with Crippen molar-refractivity contribution in [3.63, 3.8) is 0 Å². The summed E-state index contributed by atoms with van der Waals surface area (Å²) in [7, 11) is 0. The molecule has 7 nitrogen and oxygen atoms in total. The predicted octanol–water partition coefficient (Wildman–Crippen LogP) is 2.38. The lowest BCUT2D eigenvalue weighted by Crippen LogP contribution is -2.49. The molecule has 156 valence electrons. The summed E-state index contributed by atoms with van der Waals surface area (Å²) >= 11 is 0. The van der Waals surface area contributed by atoms with Gasteiger partial charge < -0.3 is 9.64 Å². The van der Waals surface area contributed by atoms with Crippen molar-refractivity contribution < 1.29 is 14.3 Å². The molecule has 2 fully saturated rings. The van der Waals surface area contributed by atoms with Gasteiger partial charge in [0.05, 0.1) is 11.8 Å². The number of nitrogens with zero attached hydrogens (tertiary/aromatic N) is 4. The monoisotopic (exact) mass is 406 g/mol. The Bertz CT molecular complexity index is 932. The van der Waals surface area contributed by atoms with Crippen molar-refractivity contribution in [2.45, 2.75) is 37.8 Å². The van der Waals surface area contributed by atoms with Crippen molar-refractivity contribution in [2.75, 3.05) is 26.2 Å². The molecule has 0 unspecified atom stereocenters. The summed E-state index contributed by atoms with van der Waals surface area (Å²) in [6.45, 7) is 3.98. The molecule has 0 radical (unpaired) electrons. The molecule has 30 heavy (non-hydrogen) atoms. The zero-order valence-corrected chi connectivity index (χ0v) is 17.0. The molecule has 5 rings (SSSR count). The van der Waals surface area contributed by atoms with Gasteiger partial charge in [0.1, 0.15) is 5.60 Å². The first-order chi connectivity index (χ1) is 14.6. The molecule has 1 aromatic carbocycles. The van der Waals surface area contributed by atoms with Crippen molar-refractivity contribution in [2.24, 2.45) is 5.92 Å². The molecule has 2 aromatic rings. The molecule has 1 amide bonds. The zero-order valence-electron chi connectivity index (χ0n) is 17.0. The molecular weight excluding hydrogens is 380 g/mol. The van der Waals surface area contributed by atoms with Crippen molar-refractivity contribution in [1.29, 1.82) is 0 Å². The quantitative estimate of drug-likeness (QED) is 0.729. The number of fused-ring (bicyclic) bond motifs is 2. The minimum Gasteiger partial charge on any atom is -0.450 e. The van der Waals surface area contributed by atoms with Gasteiger partial charge in [-0.25, -0.2) is 4.79 Å². The van der Waals surface area contributed by atoms with E-state index in [2.05, 4.69) is 15.1 Å². The Morgan fingerprint density at radius 1 is 1.07 bits per heavy atom. The van der Waals surface area contributed by atoms with Crippen LogP contribution < -0.4 is 0 Å². The second-order valence-corrected chi connectivity index (χ2v) is 8.56. The number of amides is 1. The first kappa shape index (κ1) is 19.2. The van der Waals surface area contributed by atoms with Crippen LogP contribution in [-0.2, 0) is 21.7 Å². The third kappa shape index (κ3) is 3.47. The number of carbonyl (C=O) groups excluding carboxylic acids is 2. The van der Waals surface area contributed by atoms with Crippen LogP contribution >= 0.6 is 0 Å². The van der Waals surface area contributed by atoms with Gasteiger partial charge in [0, 0.05) is 50.2 Å². The van der Waals surface area contributed by atoms with E-state index in [-0.39, 0.29) is 17.8 Å². The largest absolute Gasteiger partial charge is 0.450 e. The Morgan fingerprint density at radius 3 is 2.57 bits per heavy atom. The highest BCUT2D eigenvalue weighted by Gasteiger charge is 2.48. The standard InChI is InChI=1S/C23H26N4O3/c28-21(18-6-11-26(12-7-18)16-17-5-10-24-25-15-17)27-13-8-23(9-14-27)20-4-2-1-3-19(20)22(29)30-23/h1-5,10,15,18H,6-9,11-14,16H2. The average Bonchev–Trinajstić information content (AvgIpc) is 3.07. The molecule has 0 N–H and O–H groups in total. The van der Waals surface area contributed by atoms with Crippen molar-refractivity contribution in [3.8, 4) is 0 Å². The Kier molecular flexibility index (Phi) is 4.98. The maximum atomic E-state index is 13.1. The highest BCUT2D eigenvalue weighted by atomic mass is 16.6. The highest BCUT2D eigenvalue weighted by molar-refractivity contribution is 5.94. The van der Waals surface area contributed by atoms with E-state index < -0.39 is 5.60 Å². The van der Waals surface area contributed by atoms with Crippen LogP contribution in [0.1, 0.15) is 47.2 Å². The molecule has 0 aliphatic carbocycles. The summed E-state index contributed by atoms with van der Waals surface area (Å²) in [6, 6.07) is 9.64. The van der Waals surface area contributed by atoms with Gasteiger partial charge in [-0.05, 0) is 43.6 Å². The van der Waals surface area contributed by atoms with Crippen molar-refractivity contribution >= 4 is 11.9 Å². The van der Waals surface area contributed by atoms with E-state index in [4.69, 9.17) is 4.74 Å². The molecule has 0 atom stereocenters. The smallest absolute Gasteiger partial charge is 0.339 e. The highest BCUT2D eigenvalue weighted by Crippen LogP contribution is 2.44. The molecule has 3 aliphatic rings. The van der Waals surface area contributed by atoms with Gasteiger partial charge in [-0.15, -0.1) is 0 Å². The third-order valence-corrected chi connectivity index (χ3v) is 6.80. The molecule has 7 heteroatoms. The van der Waals surface area contributed by atoms with Gasteiger partial charge in [0.15, 0.2) is 0 Å². The van der Waals surface area contributed by atoms with E-state index in [1.807, 2.05) is 35.2 Å². The van der Waals surface area contributed by atoms with Crippen LogP contribution in [0.25, 0.3) is 0 Å². The minimum atomic E-state index is -0.549. The maximum absolute atomic E-state index is 13.1. The SMILES string of the molecule is O=C1OC2(CCN(C(=O)C3CCN(Cc4ccnnc4)CC3)CC2)c2ccccc21. The van der Waals surface area contributed by atoms with Crippen LogP contribution in [0.4, 0.5) is 0 Å². The molecule has 2 saturated heterocycles. The number of hydrogen-bond donors (Lipinski definition) is 0. The first-order valence-electron chi connectivity index (χ1n) is 10.7. The number of aromatic nitrogens is 2. The van der Waals surface area contributed by atoms with Crippen LogP contribution in [0.15, 0.2) is 42.7 Å². The number of likely N-dealkylation sites (tertiary alicyclic amines) is 2. The number of esters is 1. The lowest BCUT2D eigenvalue weighted by molar-refractivity contribution is -0.141. The molecule has 0 saturated carbocycles. The fourth-order valence-corrected chi connectivity index (χ4v) is 5.07. The van der Waals surface area contributed by atoms with Crippen molar-refractivity contribution in [1.82, 2.24) is 20.0 Å². The van der Waals surface area contributed by atoms with Gasteiger partial charge in [-0.1, -0.05) is 18.2 Å². The summed E-state index contributed by atoms with van der Waals surface area (Å²) in [5.74, 6) is 0.110. The second-order valence-electron chi connectivity index (χ2n) is 8.56. The van der Waals surface area contributed by atoms with E-state index in [0.717, 1.165) is 43.6 Å². The zero-order chi connectivity index (χ0) is 20.6. The van der Waals surface area contributed by atoms with Crippen LogP contribution in [0, 0.1) is 5.92 Å². The normalized spacial score (nSPS) is 21.5. The molecule has 1 spiro atoms. The summed E-state index contributed by atoms with van der Waals surface area (Å²) in [4.78, 5) is 29.7. The fraction of sp³-hybridized carbons (Fsp3) is 0.478. The summed E-state index contributed by atoms with van der Waals surface area (Å²) < 4.78 is 5.81. The number of carbonyl (C=O) groups is 2. The lowest BCUT2D eigenvalue weighted by atomic mass is 9.83. The number of benzene rings is 1. The van der Waals surface area contributed by atoms with Gasteiger partial charge in [0.25, 0.3) is 0 Å². The summed E-state index contributed by atoms with van der Waals surface area (Å²) in [6.07, 6.45) is 6.64. The number of piperidine rings is 2. The molecule has 1 aromatic heterocycles. The number of rotatable bonds is 3. The minimum absolute atomic E-state index is 0.0873. The Labute approximate surface area is 176 Å². The van der Waals surface area contributed by atoms with Crippen LogP contribution in [0.3, 0.4) is 0 Å². The predicted molar refractivity (Wildman–Crippen MR) is 109 cm³/mol. The Balaban J connectivity index is 1.16. The van der Waals surface area contributed by atoms with E-state index in [0.29, 0.717) is 31.5 Å². The van der Waals surface area contributed by atoms with Crippen LogP contribution in [-0.4, -0.2) is 58.1 Å². The van der Waals surface area contributed by atoms with Crippen LogP contribution in [0.2, 0.25) is 0 Å². The second kappa shape index (κ2) is 7.80. The van der Waals surface area contributed by atoms with Gasteiger partial charge in [0.2, 0.25) is 5.91 Å². The molecular formula is C23H26N4O3. The van der Waals surface area contributed by atoms with E-state index in [9.17, 15) is 9.59 Å². The van der Waals surface area contributed by atoms with E-state index in [1.165, 1.54) is 0 Å². The molecule has 3 aliphatic heterocycles. The molecule has 4 heterocycles. The Morgan fingerprint density at radius 2 is 1.83 bits per heavy atom. The molecule has 0 bridgehead atoms. The number of hydrogen-bond acceptors (Lipinski definition) is 6. The Hall–Kier alpha value is -2.80. The maximum Gasteiger partial charge on any atom is 0.339 e. The third-order valence-electron chi connectivity index (χ3n) is 6.80. The van der Waals surface area contributed by atoms with Gasteiger partial charge in [-0.3, -0.25) is 9.69 Å². The van der Waals surface area contributed by atoms with Crippen molar-refractivity contribution in [3.05, 3.63) is 59.4 Å².